The summed E-state index contributed by atoms with van der Waals surface area (Å²) in [6.07, 6.45) is 4.27. The van der Waals surface area contributed by atoms with Crippen LogP contribution in [0.3, 0.4) is 0 Å². The van der Waals surface area contributed by atoms with Crippen LogP contribution in [-0.4, -0.2) is 21.3 Å². The molecule has 0 fully saturated rings. The van der Waals surface area contributed by atoms with E-state index in [9.17, 15) is 8.42 Å². The van der Waals surface area contributed by atoms with Gasteiger partial charge in [0.05, 0.1) is 12.9 Å². The molecule has 0 radical (unpaired) electrons. The van der Waals surface area contributed by atoms with Crippen molar-refractivity contribution in [1.29, 1.82) is 0 Å². The van der Waals surface area contributed by atoms with Crippen molar-refractivity contribution in [3.05, 3.63) is 48.0 Å². The topological polar surface area (TPSA) is 43.4 Å². The Balaban J connectivity index is 2.62. The first-order valence-corrected chi connectivity index (χ1v) is 6.86. The highest BCUT2D eigenvalue weighted by Crippen LogP contribution is 2.11. The van der Waals surface area contributed by atoms with E-state index >= 15 is 0 Å². The molecule has 0 atom stereocenters. The Kier molecular flexibility index (Phi) is 4.71. The molecule has 0 aliphatic rings. The van der Waals surface area contributed by atoms with Gasteiger partial charge in [0, 0.05) is 0 Å². The Hall–Kier alpha value is -1.13. The fraction of sp³-hybridized carbons (Fsp3) is 0.333. The maximum Gasteiger partial charge on any atom is 0.264 e. The van der Waals surface area contributed by atoms with E-state index in [2.05, 4.69) is 6.58 Å². The van der Waals surface area contributed by atoms with Crippen molar-refractivity contribution in [2.45, 2.75) is 12.8 Å². The summed E-state index contributed by atoms with van der Waals surface area (Å²) in [5.74, 6) is 0. The van der Waals surface area contributed by atoms with E-state index in [-0.39, 0.29) is 6.61 Å². The Labute approximate surface area is 96.9 Å². The first-order valence-electron chi connectivity index (χ1n) is 5.05. The van der Waals surface area contributed by atoms with Crippen LogP contribution in [0.1, 0.15) is 11.1 Å². The molecule has 0 aromatic heterocycles. The van der Waals surface area contributed by atoms with E-state index < -0.39 is 10.1 Å². The lowest BCUT2D eigenvalue weighted by molar-refractivity contribution is 0.325. The van der Waals surface area contributed by atoms with Gasteiger partial charge in [-0.1, -0.05) is 30.3 Å². The zero-order valence-corrected chi connectivity index (χ0v) is 10.2. The Morgan fingerprint density at radius 3 is 2.50 bits per heavy atom. The summed E-state index contributed by atoms with van der Waals surface area (Å²) >= 11 is 0. The highest BCUT2D eigenvalue weighted by Gasteiger charge is 2.04. The second-order valence-electron chi connectivity index (χ2n) is 3.54. The monoisotopic (exact) mass is 240 g/mol. The van der Waals surface area contributed by atoms with E-state index in [0.29, 0.717) is 6.42 Å². The second-order valence-corrected chi connectivity index (χ2v) is 5.18. The Morgan fingerprint density at radius 2 is 1.94 bits per heavy atom. The molecule has 0 aliphatic heterocycles. The van der Waals surface area contributed by atoms with Crippen LogP contribution >= 0.6 is 0 Å². The minimum atomic E-state index is -3.34. The molecule has 0 bridgehead atoms. The van der Waals surface area contributed by atoms with Crippen molar-refractivity contribution in [2.24, 2.45) is 0 Å². The molecule has 0 spiro atoms. The number of hydrogen-bond acceptors (Lipinski definition) is 3. The third-order valence-electron chi connectivity index (χ3n) is 2.15. The fourth-order valence-electron chi connectivity index (χ4n) is 1.46. The van der Waals surface area contributed by atoms with Crippen molar-refractivity contribution in [2.75, 3.05) is 12.9 Å². The van der Waals surface area contributed by atoms with Crippen LogP contribution in [0.4, 0.5) is 0 Å². The molecule has 4 heteroatoms. The van der Waals surface area contributed by atoms with Crippen LogP contribution in [0.25, 0.3) is 0 Å². The number of allylic oxidation sites excluding steroid dienone is 1. The molecule has 0 amide bonds. The lowest BCUT2D eigenvalue weighted by Gasteiger charge is -2.07. The van der Waals surface area contributed by atoms with Crippen molar-refractivity contribution in [1.82, 2.24) is 0 Å². The van der Waals surface area contributed by atoms with Crippen LogP contribution in [-0.2, 0) is 27.1 Å². The average Bonchev–Trinajstić information content (AvgIpc) is 2.19. The molecule has 3 nitrogen and oxygen atoms in total. The highest BCUT2D eigenvalue weighted by atomic mass is 32.2. The van der Waals surface area contributed by atoms with E-state index in [0.717, 1.165) is 23.8 Å². The highest BCUT2D eigenvalue weighted by molar-refractivity contribution is 7.85. The minimum absolute atomic E-state index is 0.187. The van der Waals surface area contributed by atoms with Gasteiger partial charge in [-0.2, -0.15) is 8.42 Å². The van der Waals surface area contributed by atoms with Crippen LogP contribution in [0, 0.1) is 0 Å². The van der Waals surface area contributed by atoms with Crippen LogP contribution in [0.2, 0.25) is 0 Å². The summed E-state index contributed by atoms with van der Waals surface area (Å²) in [4.78, 5) is 0. The Morgan fingerprint density at radius 1 is 1.31 bits per heavy atom. The maximum absolute atomic E-state index is 10.8. The summed E-state index contributed by atoms with van der Waals surface area (Å²) < 4.78 is 26.3. The van der Waals surface area contributed by atoms with Gasteiger partial charge in [0.25, 0.3) is 10.1 Å². The largest absolute Gasteiger partial charge is 0.270 e. The standard InChI is InChI=1S/C12H16O3S/c1-3-6-11-7-4-5-8-12(11)9-10-15-16(2,13)14/h3-5,7-8H,1,6,9-10H2,2H3. The van der Waals surface area contributed by atoms with Gasteiger partial charge in [-0.3, -0.25) is 4.18 Å². The fourth-order valence-corrected chi connectivity index (χ4v) is 1.85. The van der Waals surface area contributed by atoms with E-state index in [1.165, 1.54) is 0 Å². The maximum atomic E-state index is 10.8. The van der Waals surface area contributed by atoms with Crippen LogP contribution in [0.5, 0.6) is 0 Å². The third-order valence-corrected chi connectivity index (χ3v) is 2.75. The molecule has 0 unspecified atom stereocenters. The summed E-state index contributed by atoms with van der Waals surface area (Å²) in [6.45, 7) is 3.88. The van der Waals surface area contributed by atoms with Crippen LogP contribution < -0.4 is 0 Å². The SMILES string of the molecule is C=CCc1ccccc1CCOS(C)(=O)=O. The molecular formula is C12H16O3S. The summed E-state index contributed by atoms with van der Waals surface area (Å²) in [7, 11) is -3.34. The summed E-state index contributed by atoms with van der Waals surface area (Å²) in [5, 5.41) is 0. The normalized spacial score (nSPS) is 11.3. The predicted octanol–water partition coefficient (Wildman–Crippen LogP) is 1.93. The Bertz CT molecular complexity index is 449. The molecule has 0 saturated carbocycles. The molecule has 0 saturated heterocycles. The molecule has 1 rings (SSSR count). The lowest BCUT2D eigenvalue weighted by Crippen LogP contribution is -2.07. The quantitative estimate of drug-likeness (QED) is 0.563. The van der Waals surface area contributed by atoms with Gasteiger partial charge < -0.3 is 0 Å². The van der Waals surface area contributed by atoms with Gasteiger partial charge in [0.15, 0.2) is 0 Å². The first-order chi connectivity index (χ1) is 7.53. The molecular weight excluding hydrogens is 224 g/mol. The van der Waals surface area contributed by atoms with Gasteiger partial charge in [-0.25, -0.2) is 0 Å². The van der Waals surface area contributed by atoms with Crippen molar-refractivity contribution < 1.29 is 12.6 Å². The summed E-state index contributed by atoms with van der Waals surface area (Å²) in [6, 6.07) is 7.88. The predicted molar refractivity (Wildman–Crippen MR) is 64.8 cm³/mol. The smallest absolute Gasteiger partial charge is 0.264 e. The molecule has 0 heterocycles. The van der Waals surface area contributed by atoms with Gasteiger partial charge in [-0.15, -0.1) is 6.58 Å². The summed E-state index contributed by atoms with van der Waals surface area (Å²) in [5.41, 5.74) is 2.26. The number of hydrogen-bond donors (Lipinski definition) is 0. The van der Waals surface area contributed by atoms with Crippen molar-refractivity contribution in [3.8, 4) is 0 Å². The van der Waals surface area contributed by atoms with Gasteiger partial charge in [0.1, 0.15) is 0 Å². The van der Waals surface area contributed by atoms with E-state index in [1.807, 2.05) is 30.3 Å². The molecule has 88 valence electrons. The van der Waals surface area contributed by atoms with Gasteiger partial charge in [-0.05, 0) is 24.0 Å². The lowest BCUT2D eigenvalue weighted by atomic mass is 10.0. The molecule has 1 aromatic rings. The van der Waals surface area contributed by atoms with E-state index in [1.54, 1.807) is 0 Å². The van der Waals surface area contributed by atoms with Crippen molar-refractivity contribution >= 4 is 10.1 Å². The third kappa shape index (κ3) is 4.59. The van der Waals surface area contributed by atoms with Crippen molar-refractivity contribution in [3.63, 3.8) is 0 Å². The molecule has 0 aliphatic carbocycles. The number of benzene rings is 1. The average molecular weight is 240 g/mol. The second kappa shape index (κ2) is 5.82. The zero-order valence-electron chi connectivity index (χ0n) is 9.35. The first kappa shape index (κ1) is 12.9. The minimum Gasteiger partial charge on any atom is -0.270 e. The zero-order chi connectivity index (χ0) is 12.0. The molecule has 0 N–H and O–H groups in total. The van der Waals surface area contributed by atoms with E-state index in [4.69, 9.17) is 4.18 Å². The molecule has 1 aromatic carbocycles. The van der Waals surface area contributed by atoms with Gasteiger partial charge >= 0.3 is 0 Å². The van der Waals surface area contributed by atoms with Crippen LogP contribution in [0.15, 0.2) is 36.9 Å². The van der Waals surface area contributed by atoms with Gasteiger partial charge in [0.2, 0.25) is 0 Å². The molecule has 16 heavy (non-hydrogen) atoms. The number of rotatable bonds is 6.